The van der Waals surface area contributed by atoms with Crippen molar-refractivity contribution in [1.29, 1.82) is 0 Å². The zero-order valence-corrected chi connectivity index (χ0v) is 14.2. The molecule has 0 aromatic heterocycles. The van der Waals surface area contributed by atoms with Gasteiger partial charge >= 0.3 is 0 Å². The molecule has 0 N–H and O–H groups in total. The van der Waals surface area contributed by atoms with E-state index in [2.05, 4.69) is 13.8 Å². The first-order valence-electron chi connectivity index (χ1n) is 9.64. The Morgan fingerprint density at radius 1 is 1.00 bits per heavy atom. The van der Waals surface area contributed by atoms with Crippen molar-refractivity contribution in [3.63, 3.8) is 0 Å². The quantitative estimate of drug-likeness (QED) is 0.622. The topological polar surface area (TPSA) is 29.6 Å². The Hall–Kier alpha value is -0.370. The summed E-state index contributed by atoms with van der Waals surface area (Å²) in [6, 6.07) is 0. The first-order valence-corrected chi connectivity index (χ1v) is 9.64. The number of Topliss-reactive ketones (excluding diaryl/α,β-unsaturated/α-hetero) is 1. The molecule has 4 aliphatic carbocycles. The van der Waals surface area contributed by atoms with Crippen molar-refractivity contribution in [3.05, 3.63) is 0 Å². The van der Waals surface area contributed by atoms with Crippen LogP contribution < -0.4 is 0 Å². The number of rotatable bonds is 0. The number of epoxide rings is 1. The van der Waals surface area contributed by atoms with E-state index >= 15 is 0 Å². The molecule has 0 amide bonds. The maximum Gasteiger partial charge on any atom is 0.139 e. The molecular formula is C20H30O2. The zero-order chi connectivity index (χ0) is 15.2. The van der Waals surface area contributed by atoms with E-state index in [0.29, 0.717) is 22.7 Å². The predicted molar refractivity (Wildman–Crippen MR) is 85.4 cm³/mol. The van der Waals surface area contributed by atoms with Gasteiger partial charge in [0.15, 0.2) is 0 Å². The highest BCUT2D eigenvalue weighted by Gasteiger charge is 2.63. The molecule has 1 heterocycles. The van der Waals surface area contributed by atoms with Gasteiger partial charge in [-0.1, -0.05) is 13.8 Å². The summed E-state index contributed by atoms with van der Waals surface area (Å²) < 4.78 is 5.82. The lowest BCUT2D eigenvalue weighted by atomic mass is 9.44. The van der Waals surface area contributed by atoms with Gasteiger partial charge in [-0.05, 0) is 80.5 Å². The largest absolute Gasteiger partial charge is 0.370 e. The Balaban J connectivity index is 1.45. The van der Waals surface area contributed by atoms with Crippen LogP contribution in [0.1, 0.15) is 71.6 Å². The number of ether oxygens (including phenoxy) is 1. The third-order valence-corrected chi connectivity index (χ3v) is 9.06. The minimum atomic E-state index is 0.0415. The summed E-state index contributed by atoms with van der Waals surface area (Å²) in [5.41, 5.74) is 0.885. The molecule has 0 aromatic rings. The van der Waals surface area contributed by atoms with Gasteiger partial charge in [0, 0.05) is 11.8 Å². The molecule has 1 saturated heterocycles. The van der Waals surface area contributed by atoms with Crippen LogP contribution in [-0.4, -0.2) is 18.0 Å². The van der Waals surface area contributed by atoms with Crippen LogP contribution in [0.5, 0.6) is 0 Å². The standard InChI is InChI=1S/C20H30O2/c1-18-9-10-20(12-22-20)11-13(18)3-4-14-15-5-6-17(21)19(15,2)8-7-16(14)18/h13-16H,3-12H2,1-2H3/t13-,14+,15?,16?,18+,19+,20?/m1/s1. The van der Waals surface area contributed by atoms with Crippen molar-refractivity contribution >= 4 is 5.78 Å². The third-order valence-electron chi connectivity index (χ3n) is 9.06. The minimum Gasteiger partial charge on any atom is -0.370 e. The van der Waals surface area contributed by atoms with Gasteiger partial charge in [0.25, 0.3) is 0 Å². The van der Waals surface area contributed by atoms with Gasteiger partial charge in [-0.2, -0.15) is 0 Å². The van der Waals surface area contributed by atoms with Crippen LogP contribution in [0.15, 0.2) is 0 Å². The predicted octanol–water partition coefficient (Wildman–Crippen LogP) is 4.37. The molecule has 5 aliphatic rings. The summed E-state index contributed by atoms with van der Waals surface area (Å²) >= 11 is 0. The van der Waals surface area contributed by atoms with E-state index in [4.69, 9.17) is 4.74 Å². The molecule has 122 valence electrons. The fraction of sp³-hybridized carbons (Fsp3) is 0.950. The summed E-state index contributed by atoms with van der Waals surface area (Å²) in [6.45, 7) is 5.93. The molecule has 1 spiro atoms. The van der Waals surface area contributed by atoms with Gasteiger partial charge in [0.05, 0.1) is 12.2 Å². The average molecular weight is 302 g/mol. The normalized spacial score (nSPS) is 59.8. The molecule has 5 fully saturated rings. The van der Waals surface area contributed by atoms with Crippen molar-refractivity contribution in [2.24, 2.45) is 34.5 Å². The van der Waals surface area contributed by atoms with Crippen molar-refractivity contribution in [2.45, 2.75) is 77.2 Å². The molecule has 2 nitrogen and oxygen atoms in total. The van der Waals surface area contributed by atoms with Crippen LogP contribution in [0, 0.1) is 34.5 Å². The molecule has 7 atom stereocenters. The molecule has 5 rings (SSSR count). The SMILES string of the molecule is C[C@]12CCC3[C@@H](CC[C@@H]4CC5(CC[C@]34C)CO5)C1CCC2=O. The van der Waals surface area contributed by atoms with Gasteiger partial charge in [0.1, 0.15) is 5.78 Å². The smallest absolute Gasteiger partial charge is 0.139 e. The number of fused-ring (bicyclic) bond motifs is 5. The first kappa shape index (κ1) is 14.0. The fourth-order valence-corrected chi connectivity index (χ4v) is 7.44. The molecule has 2 heteroatoms. The average Bonchev–Trinajstić information content (AvgIpc) is 3.19. The molecule has 22 heavy (non-hydrogen) atoms. The molecule has 1 aliphatic heterocycles. The summed E-state index contributed by atoms with van der Waals surface area (Å²) in [7, 11) is 0. The van der Waals surface area contributed by atoms with Crippen LogP contribution in [0.3, 0.4) is 0 Å². The third kappa shape index (κ3) is 1.63. The molecule has 4 saturated carbocycles. The van der Waals surface area contributed by atoms with Gasteiger partial charge in [-0.15, -0.1) is 0 Å². The van der Waals surface area contributed by atoms with E-state index in [1.54, 1.807) is 0 Å². The van der Waals surface area contributed by atoms with E-state index in [9.17, 15) is 4.79 Å². The summed E-state index contributed by atoms with van der Waals surface area (Å²) in [5.74, 6) is 3.88. The minimum absolute atomic E-state index is 0.0415. The second kappa shape index (κ2) is 4.18. The number of hydrogen-bond donors (Lipinski definition) is 0. The Morgan fingerprint density at radius 3 is 2.59 bits per heavy atom. The molecule has 0 bridgehead atoms. The van der Waals surface area contributed by atoms with E-state index in [1.807, 2.05) is 0 Å². The zero-order valence-electron chi connectivity index (χ0n) is 14.2. The highest BCUT2D eigenvalue weighted by atomic mass is 16.6. The first-order chi connectivity index (χ1) is 10.5. The van der Waals surface area contributed by atoms with Gasteiger partial charge < -0.3 is 4.74 Å². The Bertz CT molecular complexity index is 522. The fourth-order valence-electron chi connectivity index (χ4n) is 7.44. The van der Waals surface area contributed by atoms with Crippen LogP contribution in [-0.2, 0) is 9.53 Å². The maximum atomic E-state index is 12.4. The number of ketones is 1. The van der Waals surface area contributed by atoms with Gasteiger partial charge in [-0.3, -0.25) is 4.79 Å². The van der Waals surface area contributed by atoms with Crippen molar-refractivity contribution in [3.8, 4) is 0 Å². The number of hydrogen-bond acceptors (Lipinski definition) is 2. The van der Waals surface area contributed by atoms with Crippen LogP contribution in [0.4, 0.5) is 0 Å². The summed E-state index contributed by atoms with van der Waals surface area (Å²) in [5, 5.41) is 0. The van der Waals surface area contributed by atoms with Crippen molar-refractivity contribution < 1.29 is 9.53 Å². The Kier molecular flexibility index (Phi) is 2.66. The lowest BCUT2D eigenvalue weighted by Crippen LogP contribution is -2.54. The van der Waals surface area contributed by atoms with Gasteiger partial charge in [0.2, 0.25) is 0 Å². The van der Waals surface area contributed by atoms with Crippen molar-refractivity contribution in [1.82, 2.24) is 0 Å². The van der Waals surface area contributed by atoms with E-state index in [0.717, 1.165) is 30.8 Å². The summed E-state index contributed by atoms with van der Waals surface area (Å²) in [6.07, 6.45) is 11.3. The van der Waals surface area contributed by atoms with Crippen LogP contribution >= 0.6 is 0 Å². The molecule has 0 aromatic carbocycles. The Morgan fingerprint density at radius 2 is 1.82 bits per heavy atom. The number of carbonyl (C=O) groups excluding carboxylic acids is 1. The summed E-state index contributed by atoms with van der Waals surface area (Å²) in [4.78, 5) is 12.4. The van der Waals surface area contributed by atoms with Crippen LogP contribution in [0.2, 0.25) is 0 Å². The number of carbonyl (C=O) groups is 1. The molecular weight excluding hydrogens is 272 g/mol. The van der Waals surface area contributed by atoms with Crippen LogP contribution in [0.25, 0.3) is 0 Å². The second-order valence-corrected chi connectivity index (χ2v) is 9.75. The molecule has 0 radical (unpaired) electrons. The second-order valence-electron chi connectivity index (χ2n) is 9.75. The van der Waals surface area contributed by atoms with Gasteiger partial charge in [-0.25, -0.2) is 0 Å². The highest BCUT2D eigenvalue weighted by molar-refractivity contribution is 5.87. The van der Waals surface area contributed by atoms with E-state index in [1.165, 1.54) is 51.4 Å². The lowest BCUT2D eigenvalue weighted by molar-refractivity contribution is -0.140. The van der Waals surface area contributed by atoms with E-state index in [-0.39, 0.29) is 5.41 Å². The molecule has 3 unspecified atom stereocenters. The monoisotopic (exact) mass is 302 g/mol. The maximum absolute atomic E-state index is 12.4. The highest BCUT2D eigenvalue weighted by Crippen LogP contribution is 2.67. The lowest BCUT2D eigenvalue weighted by Gasteiger charge is -2.60. The van der Waals surface area contributed by atoms with E-state index < -0.39 is 0 Å². The van der Waals surface area contributed by atoms with Crippen molar-refractivity contribution in [2.75, 3.05) is 6.61 Å². The Labute approximate surface area is 134 Å².